The quantitative estimate of drug-likeness (QED) is 0.773. The molecule has 1 aromatic heterocycles. The van der Waals surface area contributed by atoms with Crippen LogP contribution in [-0.4, -0.2) is 33.8 Å². The summed E-state index contributed by atoms with van der Waals surface area (Å²) in [5.41, 5.74) is -0.770. The van der Waals surface area contributed by atoms with Crippen LogP contribution in [0.25, 0.3) is 0 Å². The summed E-state index contributed by atoms with van der Waals surface area (Å²) in [4.78, 5) is 7.93. The second-order valence-electron chi connectivity index (χ2n) is 5.70. The summed E-state index contributed by atoms with van der Waals surface area (Å²) in [5, 5.41) is 16.4. The van der Waals surface area contributed by atoms with Crippen molar-refractivity contribution < 1.29 is 9.50 Å². The molecule has 0 spiro atoms. The van der Waals surface area contributed by atoms with Crippen molar-refractivity contribution in [1.29, 1.82) is 0 Å². The third kappa shape index (κ3) is 3.79. The predicted octanol–water partition coefficient (Wildman–Crippen LogP) is 2.40. The van der Waals surface area contributed by atoms with Crippen LogP contribution in [-0.2, 0) is 0 Å². The largest absolute Gasteiger partial charge is 0.388 e. The predicted molar refractivity (Wildman–Crippen MR) is 77.2 cm³/mol. The molecule has 1 saturated carbocycles. The highest BCUT2D eigenvalue weighted by Crippen LogP contribution is 2.32. The van der Waals surface area contributed by atoms with E-state index in [1.165, 1.54) is 0 Å². The van der Waals surface area contributed by atoms with Gasteiger partial charge in [-0.25, -0.2) is 9.37 Å². The van der Waals surface area contributed by atoms with Gasteiger partial charge in [0, 0.05) is 13.1 Å². The Morgan fingerprint density at radius 3 is 3.00 bits per heavy atom. The lowest BCUT2D eigenvalue weighted by atomic mass is 9.79. The Morgan fingerprint density at radius 2 is 2.30 bits per heavy atom. The van der Waals surface area contributed by atoms with E-state index in [1.54, 1.807) is 0 Å². The van der Waals surface area contributed by atoms with Crippen molar-refractivity contribution in [1.82, 2.24) is 9.97 Å². The lowest BCUT2D eigenvalue weighted by Crippen LogP contribution is -2.41. The molecular weight excluding hydrogens is 259 g/mol. The van der Waals surface area contributed by atoms with Gasteiger partial charge in [-0.05, 0) is 25.7 Å². The van der Waals surface area contributed by atoms with Crippen molar-refractivity contribution in [2.75, 3.05) is 23.7 Å². The average molecular weight is 282 g/mol. The maximum absolute atomic E-state index is 13.7. The molecule has 2 rings (SSSR count). The van der Waals surface area contributed by atoms with Crippen LogP contribution in [0, 0.1) is 11.7 Å². The summed E-state index contributed by atoms with van der Waals surface area (Å²) < 4.78 is 13.7. The number of anilines is 2. The molecule has 1 fully saturated rings. The van der Waals surface area contributed by atoms with Gasteiger partial charge in [-0.2, -0.15) is 4.98 Å². The van der Waals surface area contributed by atoms with Crippen molar-refractivity contribution in [3.63, 3.8) is 0 Å². The fraction of sp³-hybridized carbons (Fsp3) is 0.714. The zero-order valence-electron chi connectivity index (χ0n) is 12.1. The lowest BCUT2D eigenvalue weighted by molar-refractivity contribution is -0.000873. The van der Waals surface area contributed by atoms with E-state index in [-0.39, 0.29) is 5.82 Å². The van der Waals surface area contributed by atoms with E-state index in [0.717, 1.165) is 31.9 Å². The molecule has 0 aliphatic heterocycles. The molecule has 3 N–H and O–H groups in total. The average Bonchev–Trinajstić information content (AvgIpc) is 2.39. The van der Waals surface area contributed by atoms with Gasteiger partial charge in [0.1, 0.15) is 0 Å². The zero-order valence-corrected chi connectivity index (χ0v) is 12.1. The Balaban J connectivity index is 2.00. The fourth-order valence-corrected chi connectivity index (χ4v) is 2.78. The molecule has 2 unspecified atom stereocenters. The molecule has 5 nitrogen and oxygen atoms in total. The summed E-state index contributed by atoms with van der Waals surface area (Å²) in [6.45, 7) is 5.05. The van der Waals surface area contributed by atoms with Gasteiger partial charge in [0.2, 0.25) is 5.95 Å². The molecule has 0 bridgehead atoms. The number of halogens is 1. The summed E-state index contributed by atoms with van der Waals surface area (Å²) >= 11 is 0. The van der Waals surface area contributed by atoms with Gasteiger partial charge in [0.05, 0.1) is 11.8 Å². The van der Waals surface area contributed by atoms with Crippen molar-refractivity contribution >= 4 is 11.8 Å². The molecule has 112 valence electrons. The topological polar surface area (TPSA) is 70.1 Å². The second-order valence-corrected chi connectivity index (χ2v) is 5.70. The number of nitrogens with one attached hydrogen (secondary N) is 2. The number of hydrogen-bond acceptors (Lipinski definition) is 5. The van der Waals surface area contributed by atoms with E-state index < -0.39 is 11.4 Å². The highest BCUT2D eigenvalue weighted by molar-refractivity contribution is 5.41. The molecule has 0 aromatic carbocycles. The van der Waals surface area contributed by atoms with Gasteiger partial charge in [-0.3, -0.25) is 0 Å². The van der Waals surface area contributed by atoms with Crippen LogP contribution in [0.1, 0.15) is 39.5 Å². The first-order chi connectivity index (χ1) is 9.52. The van der Waals surface area contributed by atoms with Gasteiger partial charge >= 0.3 is 0 Å². The minimum Gasteiger partial charge on any atom is -0.388 e. The summed E-state index contributed by atoms with van der Waals surface area (Å²) in [7, 11) is 0. The monoisotopic (exact) mass is 282 g/mol. The molecule has 0 amide bonds. The highest BCUT2D eigenvalue weighted by Gasteiger charge is 2.32. The van der Waals surface area contributed by atoms with Crippen molar-refractivity contribution in [3.8, 4) is 0 Å². The normalized spacial score (nSPS) is 26.3. The molecule has 0 saturated heterocycles. The summed E-state index contributed by atoms with van der Waals surface area (Å²) in [5.74, 6) is 0.533. The number of nitrogens with zero attached hydrogens (tertiary/aromatic N) is 2. The zero-order chi connectivity index (χ0) is 14.6. The van der Waals surface area contributed by atoms with E-state index in [9.17, 15) is 9.50 Å². The SMILES string of the molecule is CCNc1ncc(F)c(NCC2(O)CCCC(C)C2)n1. The van der Waals surface area contributed by atoms with Crippen LogP contribution >= 0.6 is 0 Å². The van der Waals surface area contributed by atoms with Gasteiger partial charge in [0.25, 0.3) is 0 Å². The van der Waals surface area contributed by atoms with E-state index >= 15 is 0 Å². The van der Waals surface area contributed by atoms with Gasteiger partial charge < -0.3 is 15.7 Å². The maximum Gasteiger partial charge on any atom is 0.224 e. The van der Waals surface area contributed by atoms with E-state index in [1.807, 2.05) is 6.92 Å². The van der Waals surface area contributed by atoms with Crippen LogP contribution in [0.2, 0.25) is 0 Å². The fourth-order valence-electron chi connectivity index (χ4n) is 2.78. The number of aromatic nitrogens is 2. The van der Waals surface area contributed by atoms with Gasteiger partial charge in [-0.1, -0.05) is 19.8 Å². The van der Waals surface area contributed by atoms with Crippen LogP contribution in [0.3, 0.4) is 0 Å². The Labute approximate surface area is 119 Å². The Kier molecular flexibility index (Phi) is 4.75. The summed E-state index contributed by atoms with van der Waals surface area (Å²) in [6.07, 6.45) is 4.79. The van der Waals surface area contributed by atoms with Crippen LogP contribution < -0.4 is 10.6 Å². The van der Waals surface area contributed by atoms with Gasteiger partial charge in [-0.15, -0.1) is 0 Å². The van der Waals surface area contributed by atoms with E-state index in [4.69, 9.17) is 0 Å². The minimum absolute atomic E-state index is 0.141. The molecule has 6 heteroatoms. The molecule has 1 aliphatic carbocycles. The van der Waals surface area contributed by atoms with Crippen LogP contribution in [0.5, 0.6) is 0 Å². The van der Waals surface area contributed by atoms with Crippen molar-refractivity contribution in [2.45, 2.75) is 45.1 Å². The van der Waals surface area contributed by atoms with Gasteiger partial charge in [0.15, 0.2) is 11.6 Å². The standard InChI is InChI=1S/C14H23FN4O/c1-3-16-13-17-8-11(15)12(19-13)18-9-14(20)6-4-5-10(2)7-14/h8,10,20H,3-7,9H2,1-2H3,(H2,16,17,18,19). The Bertz CT molecular complexity index is 457. The molecule has 1 aliphatic rings. The van der Waals surface area contributed by atoms with Crippen LogP contribution in [0.4, 0.5) is 16.2 Å². The first-order valence-corrected chi connectivity index (χ1v) is 7.25. The molecule has 0 radical (unpaired) electrons. The Hall–Kier alpha value is -1.43. The molecule has 1 heterocycles. The minimum atomic E-state index is -0.770. The number of rotatable bonds is 5. The smallest absolute Gasteiger partial charge is 0.224 e. The third-order valence-corrected chi connectivity index (χ3v) is 3.73. The van der Waals surface area contributed by atoms with Crippen LogP contribution in [0.15, 0.2) is 6.20 Å². The number of aliphatic hydroxyl groups is 1. The third-order valence-electron chi connectivity index (χ3n) is 3.73. The van der Waals surface area contributed by atoms with Crippen molar-refractivity contribution in [3.05, 3.63) is 12.0 Å². The maximum atomic E-state index is 13.7. The first-order valence-electron chi connectivity index (χ1n) is 7.25. The van der Waals surface area contributed by atoms with E-state index in [2.05, 4.69) is 27.5 Å². The molecular formula is C14H23FN4O. The molecule has 2 atom stereocenters. The first kappa shape index (κ1) is 15.0. The number of hydrogen-bond donors (Lipinski definition) is 3. The van der Waals surface area contributed by atoms with E-state index in [0.29, 0.717) is 25.0 Å². The lowest BCUT2D eigenvalue weighted by Gasteiger charge is -2.35. The Morgan fingerprint density at radius 1 is 1.50 bits per heavy atom. The second kappa shape index (κ2) is 6.35. The highest BCUT2D eigenvalue weighted by atomic mass is 19.1. The molecule has 20 heavy (non-hydrogen) atoms. The molecule has 1 aromatic rings. The van der Waals surface area contributed by atoms with Crippen molar-refractivity contribution in [2.24, 2.45) is 5.92 Å². The summed E-state index contributed by atoms with van der Waals surface area (Å²) in [6, 6.07) is 0.